The second kappa shape index (κ2) is 11.1. The third-order valence-electron chi connectivity index (χ3n) is 7.81. The summed E-state index contributed by atoms with van der Waals surface area (Å²) in [6, 6.07) is 11.7. The number of carboxylic acid groups (broad SMARTS) is 1. The van der Waals surface area contributed by atoms with Crippen molar-refractivity contribution in [2.45, 2.75) is 64.5 Å². The fourth-order valence-corrected chi connectivity index (χ4v) is 5.50. The zero-order chi connectivity index (χ0) is 28.4. The highest BCUT2D eigenvalue weighted by molar-refractivity contribution is 6.04. The molecule has 2 aromatic heterocycles. The molecule has 0 radical (unpaired) electrons. The Morgan fingerprint density at radius 1 is 1.07 bits per heavy atom. The third-order valence-corrected chi connectivity index (χ3v) is 7.81. The number of aromatic nitrogens is 2. The van der Waals surface area contributed by atoms with Crippen molar-refractivity contribution in [3.8, 4) is 0 Å². The van der Waals surface area contributed by atoms with E-state index in [1.165, 1.54) is 4.90 Å². The fraction of sp³-hybridized carbons (Fsp3) is 0.433. The van der Waals surface area contributed by atoms with Crippen molar-refractivity contribution in [3.63, 3.8) is 0 Å². The van der Waals surface area contributed by atoms with E-state index < -0.39 is 12.1 Å². The third kappa shape index (κ3) is 6.16. The van der Waals surface area contributed by atoms with Gasteiger partial charge >= 0.3 is 6.09 Å². The van der Waals surface area contributed by atoms with Gasteiger partial charge in [0.2, 0.25) is 0 Å². The minimum atomic E-state index is -0.941. The van der Waals surface area contributed by atoms with Gasteiger partial charge in [-0.15, -0.1) is 0 Å². The largest absolute Gasteiger partial charge is 0.465 e. The number of anilines is 1. The molecule has 10 heteroatoms. The van der Waals surface area contributed by atoms with Crippen LogP contribution in [0.1, 0.15) is 90.6 Å². The highest BCUT2D eigenvalue weighted by atomic mass is 16.5. The molecule has 2 fully saturated rings. The van der Waals surface area contributed by atoms with Crippen molar-refractivity contribution in [1.82, 2.24) is 20.4 Å². The molecular formula is C30H35N5O5. The van der Waals surface area contributed by atoms with E-state index in [0.29, 0.717) is 36.6 Å². The number of hydrogen-bond donors (Lipinski definition) is 3. The number of amides is 3. The van der Waals surface area contributed by atoms with Crippen molar-refractivity contribution in [1.29, 1.82) is 0 Å². The van der Waals surface area contributed by atoms with Crippen LogP contribution in [0.3, 0.4) is 0 Å². The van der Waals surface area contributed by atoms with E-state index in [0.717, 1.165) is 24.2 Å². The monoisotopic (exact) mass is 545 g/mol. The van der Waals surface area contributed by atoms with Gasteiger partial charge in [-0.3, -0.25) is 14.6 Å². The maximum Gasteiger partial charge on any atom is 0.407 e. The van der Waals surface area contributed by atoms with Crippen LogP contribution in [0.4, 0.5) is 10.5 Å². The molecule has 3 atom stereocenters. The molecule has 10 nitrogen and oxygen atoms in total. The summed E-state index contributed by atoms with van der Waals surface area (Å²) >= 11 is 0. The molecule has 5 rings (SSSR count). The van der Waals surface area contributed by atoms with E-state index >= 15 is 0 Å². The van der Waals surface area contributed by atoms with Crippen molar-refractivity contribution < 1.29 is 24.0 Å². The molecule has 1 saturated heterocycles. The standard InChI is InChI=1S/C30H35N5O5/c1-30(2,3)25-15-20(11-13-35(25)29(38)39)26(33-28(37)23-16-24(40-34-23)18-9-10-18)19-6-4-7-21(14-19)27(36)32-22-8-5-12-31-17-22/h4-8,12,14,16-18,20,25-26H,9-11,13,15H2,1-3H3,(H,32,36)(H,33,37)(H,38,39). The number of pyridine rings is 1. The minimum Gasteiger partial charge on any atom is -0.465 e. The number of likely N-dealkylation sites (tertiary alicyclic amines) is 1. The number of carbonyl (C=O) groups is 3. The molecule has 0 bridgehead atoms. The van der Waals surface area contributed by atoms with Crippen LogP contribution < -0.4 is 10.6 Å². The summed E-state index contributed by atoms with van der Waals surface area (Å²) in [5.41, 5.74) is 1.69. The molecule has 3 aromatic rings. The topological polar surface area (TPSA) is 138 Å². The van der Waals surface area contributed by atoms with Crippen molar-refractivity contribution >= 4 is 23.6 Å². The molecular weight excluding hydrogens is 510 g/mol. The van der Waals surface area contributed by atoms with Gasteiger partial charge in [-0.2, -0.15) is 0 Å². The van der Waals surface area contributed by atoms with Gasteiger partial charge in [-0.25, -0.2) is 4.79 Å². The molecule has 40 heavy (non-hydrogen) atoms. The van der Waals surface area contributed by atoms with E-state index in [2.05, 4.69) is 20.8 Å². The van der Waals surface area contributed by atoms with Crippen LogP contribution in [-0.4, -0.2) is 50.6 Å². The van der Waals surface area contributed by atoms with Crippen LogP contribution in [0.5, 0.6) is 0 Å². The van der Waals surface area contributed by atoms with Gasteiger partial charge < -0.3 is 25.2 Å². The van der Waals surface area contributed by atoms with Crippen LogP contribution >= 0.6 is 0 Å². The summed E-state index contributed by atoms with van der Waals surface area (Å²) in [5, 5.41) is 19.9. The molecule has 1 aliphatic carbocycles. The molecule has 3 unspecified atom stereocenters. The lowest BCUT2D eigenvalue weighted by atomic mass is 9.73. The predicted molar refractivity (Wildman–Crippen MR) is 148 cm³/mol. The van der Waals surface area contributed by atoms with Gasteiger partial charge in [-0.1, -0.05) is 38.1 Å². The average Bonchev–Trinajstić information content (AvgIpc) is 3.67. The Hall–Kier alpha value is -4.21. The maximum atomic E-state index is 13.4. The van der Waals surface area contributed by atoms with Crippen molar-refractivity contribution in [2.75, 3.05) is 11.9 Å². The Labute approximate surface area is 233 Å². The Morgan fingerprint density at radius 2 is 1.88 bits per heavy atom. The molecule has 3 N–H and O–H groups in total. The summed E-state index contributed by atoms with van der Waals surface area (Å²) in [7, 11) is 0. The maximum absolute atomic E-state index is 13.4. The Balaban J connectivity index is 1.44. The number of hydrogen-bond acceptors (Lipinski definition) is 6. The molecule has 1 saturated carbocycles. The average molecular weight is 546 g/mol. The van der Waals surface area contributed by atoms with Crippen LogP contribution in [0.25, 0.3) is 0 Å². The molecule has 2 aliphatic rings. The van der Waals surface area contributed by atoms with Crippen molar-refractivity contribution in [2.24, 2.45) is 11.3 Å². The van der Waals surface area contributed by atoms with Gasteiger partial charge in [0, 0.05) is 36.3 Å². The number of rotatable bonds is 7. The fourth-order valence-electron chi connectivity index (χ4n) is 5.50. The Kier molecular flexibility index (Phi) is 7.60. The van der Waals surface area contributed by atoms with Crippen LogP contribution in [-0.2, 0) is 0 Å². The number of piperidine rings is 1. The molecule has 3 amide bonds. The normalized spacial score (nSPS) is 20.0. The first-order valence-electron chi connectivity index (χ1n) is 13.7. The van der Waals surface area contributed by atoms with E-state index in [4.69, 9.17) is 4.52 Å². The van der Waals surface area contributed by atoms with E-state index in [1.807, 2.05) is 26.8 Å². The quantitative estimate of drug-likeness (QED) is 0.358. The lowest BCUT2D eigenvalue weighted by molar-refractivity contribution is 0.0317. The summed E-state index contributed by atoms with van der Waals surface area (Å²) < 4.78 is 5.41. The number of benzene rings is 1. The van der Waals surface area contributed by atoms with Gasteiger partial charge in [-0.05, 0) is 66.8 Å². The zero-order valence-electron chi connectivity index (χ0n) is 23.0. The molecule has 1 aliphatic heterocycles. The first-order chi connectivity index (χ1) is 19.1. The molecule has 3 heterocycles. The summed E-state index contributed by atoms with van der Waals surface area (Å²) in [6.45, 7) is 6.44. The van der Waals surface area contributed by atoms with Gasteiger partial charge in [0.05, 0.1) is 17.9 Å². The second-order valence-corrected chi connectivity index (χ2v) is 11.8. The lowest BCUT2D eigenvalue weighted by Gasteiger charge is -2.46. The summed E-state index contributed by atoms with van der Waals surface area (Å²) in [5.74, 6) is 0.318. The molecule has 210 valence electrons. The Bertz CT molecular complexity index is 1380. The summed E-state index contributed by atoms with van der Waals surface area (Å²) in [6.07, 6.45) is 5.43. The van der Waals surface area contributed by atoms with E-state index in [9.17, 15) is 19.5 Å². The Morgan fingerprint density at radius 3 is 2.55 bits per heavy atom. The molecule has 0 spiro atoms. The smallest absolute Gasteiger partial charge is 0.407 e. The van der Waals surface area contributed by atoms with Gasteiger partial charge in [0.1, 0.15) is 5.76 Å². The van der Waals surface area contributed by atoms with Crippen molar-refractivity contribution in [3.05, 3.63) is 77.4 Å². The van der Waals surface area contributed by atoms with Crippen LogP contribution in [0.2, 0.25) is 0 Å². The minimum absolute atomic E-state index is 0.0739. The van der Waals surface area contributed by atoms with Crippen LogP contribution in [0.15, 0.2) is 59.4 Å². The lowest BCUT2D eigenvalue weighted by Crippen LogP contribution is -2.53. The van der Waals surface area contributed by atoms with Crippen LogP contribution in [0, 0.1) is 11.3 Å². The van der Waals surface area contributed by atoms with E-state index in [-0.39, 0.29) is 34.9 Å². The predicted octanol–water partition coefficient (Wildman–Crippen LogP) is 5.48. The SMILES string of the molecule is CC(C)(C)C1CC(C(NC(=O)c2cc(C3CC3)on2)c2cccc(C(=O)Nc3cccnc3)c2)CCN1C(=O)O. The zero-order valence-corrected chi connectivity index (χ0v) is 23.0. The highest BCUT2D eigenvalue weighted by Crippen LogP contribution is 2.41. The second-order valence-electron chi connectivity index (χ2n) is 11.8. The summed E-state index contributed by atoms with van der Waals surface area (Å²) in [4.78, 5) is 44.1. The number of carbonyl (C=O) groups excluding carboxylic acids is 2. The molecule has 1 aromatic carbocycles. The van der Waals surface area contributed by atoms with Gasteiger partial charge in [0.25, 0.3) is 11.8 Å². The number of nitrogens with zero attached hydrogens (tertiary/aromatic N) is 3. The highest BCUT2D eigenvalue weighted by Gasteiger charge is 2.42. The first kappa shape index (κ1) is 27.4. The number of nitrogens with one attached hydrogen (secondary N) is 2. The van der Waals surface area contributed by atoms with E-state index in [1.54, 1.807) is 48.8 Å². The first-order valence-corrected chi connectivity index (χ1v) is 13.7. The van der Waals surface area contributed by atoms with Gasteiger partial charge in [0.15, 0.2) is 5.69 Å².